The van der Waals surface area contributed by atoms with Gasteiger partial charge in [-0.1, -0.05) is 23.7 Å². The van der Waals surface area contributed by atoms with Crippen LogP contribution in [0.1, 0.15) is 12.0 Å². The van der Waals surface area contributed by atoms with E-state index in [1.165, 1.54) is 5.56 Å². The van der Waals surface area contributed by atoms with Crippen molar-refractivity contribution in [3.05, 3.63) is 28.8 Å². The quantitative estimate of drug-likeness (QED) is 0.894. The van der Waals surface area contributed by atoms with Crippen molar-refractivity contribution < 1.29 is 4.74 Å². The maximum absolute atomic E-state index is 6.31. The molecule has 94 valence electrons. The van der Waals surface area contributed by atoms with E-state index in [-0.39, 0.29) is 0 Å². The van der Waals surface area contributed by atoms with Gasteiger partial charge in [0.25, 0.3) is 0 Å². The van der Waals surface area contributed by atoms with Gasteiger partial charge in [-0.15, -0.1) is 0 Å². The lowest BCUT2D eigenvalue weighted by Gasteiger charge is -2.23. The summed E-state index contributed by atoms with van der Waals surface area (Å²) >= 11 is 6.31. The van der Waals surface area contributed by atoms with E-state index in [2.05, 4.69) is 11.0 Å². The second kappa shape index (κ2) is 5.71. The van der Waals surface area contributed by atoms with E-state index in [1.807, 2.05) is 12.1 Å². The molecule has 0 aromatic heterocycles. The van der Waals surface area contributed by atoms with Gasteiger partial charge in [0.2, 0.25) is 0 Å². The summed E-state index contributed by atoms with van der Waals surface area (Å²) in [6.45, 7) is 2.56. The molecule has 1 unspecified atom stereocenters. The van der Waals surface area contributed by atoms with E-state index in [0.29, 0.717) is 12.6 Å². The van der Waals surface area contributed by atoms with Crippen LogP contribution >= 0.6 is 11.6 Å². The van der Waals surface area contributed by atoms with E-state index < -0.39 is 0 Å². The Morgan fingerprint density at radius 1 is 1.53 bits per heavy atom. The molecule has 1 atom stereocenters. The third kappa shape index (κ3) is 2.73. The predicted molar refractivity (Wildman–Crippen MR) is 71.8 cm³/mol. The molecule has 0 spiro atoms. The molecule has 0 amide bonds. The number of nitrogens with two attached hydrogens (primary N) is 1. The lowest BCUT2D eigenvalue weighted by atomic mass is 10.1. The standard InChI is InChI=1S/C13H19ClN2O/c1-17-11-6-8-16(9-11)13-10(5-7-15)3-2-4-12(13)14/h2-4,11H,5-9,15H2,1H3. The van der Waals surface area contributed by atoms with Gasteiger partial charge in [0.15, 0.2) is 0 Å². The lowest BCUT2D eigenvalue weighted by Crippen LogP contribution is -2.24. The summed E-state index contributed by atoms with van der Waals surface area (Å²) in [6, 6.07) is 6.03. The van der Waals surface area contributed by atoms with Crippen molar-refractivity contribution in [1.82, 2.24) is 0 Å². The molecule has 1 fully saturated rings. The SMILES string of the molecule is COC1CCN(c2c(Cl)cccc2CCN)C1. The summed E-state index contributed by atoms with van der Waals surface area (Å²) in [5.74, 6) is 0. The van der Waals surface area contributed by atoms with Gasteiger partial charge in [-0.2, -0.15) is 0 Å². The van der Waals surface area contributed by atoms with Crippen LogP contribution in [0.4, 0.5) is 5.69 Å². The largest absolute Gasteiger partial charge is 0.380 e. The van der Waals surface area contributed by atoms with Crippen molar-refractivity contribution in [2.75, 3.05) is 31.6 Å². The van der Waals surface area contributed by atoms with E-state index in [9.17, 15) is 0 Å². The number of ether oxygens (including phenoxy) is 1. The minimum Gasteiger partial charge on any atom is -0.380 e. The Bertz CT molecular complexity index is 384. The monoisotopic (exact) mass is 254 g/mol. The van der Waals surface area contributed by atoms with Crippen molar-refractivity contribution in [1.29, 1.82) is 0 Å². The van der Waals surface area contributed by atoms with Gasteiger partial charge in [0, 0.05) is 20.2 Å². The second-order valence-corrected chi connectivity index (χ2v) is 4.79. The number of para-hydroxylation sites is 1. The van der Waals surface area contributed by atoms with Crippen LogP contribution in [-0.2, 0) is 11.2 Å². The van der Waals surface area contributed by atoms with Crippen molar-refractivity contribution in [3.8, 4) is 0 Å². The minimum atomic E-state index is 0.317. The topological polar surface area (TPSA) is 38.5 Å². The van der Waals surface area contributed by atoms with Gasteiger partial charge < -0.3 is 15.4 Å². The predicted octanol–water partition coefficient (Wildman–Crippen LogP) is 2.07. The van der Waals surface area contributed by atoms with Crippen molar-refractivity contribution >= 4 is 17.3 Å². The summed E-state index contributed by atoms with van der Waals surface area (Å²) in [6.07, 6.45) is 2.24. The Morgan fingerprint density at radius 3 is 3.00 bits per heavy atom. The van der Waals surface area contributed by atoms with Crippen LogP contribution in [0.25, 0.3) is 0 Å². The molecule has 1 heterocycles. The number of anilines is 1. The van der Waals surface area contributed by atoms with Crippen LogP contribution in [0.3, 0.4) is 0 Å². The fourth-order valence-electron chi connectivity index (χ4n) is 2.40. The number of benzene rings is 1. The first-order valence-electron chi connectivity index (χ1n) is 6.01. The molecule has 3 nitrogen and oxygen atoms in total. The third-order valence-electron chi connectivity index (χ3n) is 3.28. The molecule has 0 bridgehead atoms. The molecule has 1 saturated heterocycles. The summed E-state index contributed by atoms with van der Waals surface area (Å²) in [7, 11) is 1.77. The fraction of sp³-hybridized carbons (Fsp3) is 0.538. The van der Waals surface area contributed by atoms with E-state index in [1.54, 1.807) is 7.11 Å². The fourth-order valence-corrected chi connectivity index (χ4v) is 2.71. The van der Waals surface area contributed by atoms with E-state index in [4.69, 9.17) is 22.1 Å². The summed E-state index contributed by atoms with van der Waals surface area (Å²) in [4.78, 5) is 2.31. The number of rotatable bonds is 4. The Hall–Kier alpha value is -0.770. The van der Waals surface area contributed by atoms with Crippen molar-refractivity contribution in [2.24, 2.45) is 5.73 Å². The first kappa shape index (κ1) is 12.7. The highest BCUT2D eigenvalue weighted by molar-refractivity contribution is 6.33. The van der Waals surface area contributed by atoms with Gasteiger partial charge in [0.05, 0.1) is 16.8 Å². The van der Waals surface area contributed by atoms with E-state index >= 15 is 0 Å². The average Bonchev–Trinajstić information content (AvgIpc) is 2.78. The summed E-state index contributed by atoms with van der Waals surface area (Å²) in [5, 5.41) is 0.813. The van der Waals surface area contributed by atoms with Gasteiger partial charge in [0.1, 0.15) is 0 Å². The number of halogens is 1. The van der Waals surface area contributed by atoms with Crippen LogP contribution in [-0.4, -0.2) is 32.8 Å². The maximum Gasteiger partial charge on any atom is 0.0762 e. The van der Waals surface area contributed by atoms with Crippen molar-refractivity contribution in [2.45, 2.75) is 18.9 Å². The zero-order chi connectivity index (χ0) is 12.3. The highest BCUT2D eigenvalue weighted by Gasteiger charge is 2.25. The molecule has 4 heteroatoms. The highest BCUT2D eigenvalue weighted by Crippen LogP contribution is 2.33. The molecule has 1 aliphatic heterocycles. The molecule has 0 radical (unpaired) electrons. The minimum absolute atomic E-state index is 0.317. The first-order valence-corrected chi connectivity index (χ1v) is 6.39. The van der Waals surface area contributed by atoms with Crippen LogP contribution in [0, 0.1) is 0 Å². The normalized spacial score (nSPS) is 19.9. The first-order chi connectivity index (χ1) is 8.26. The zero-order valence-electron chi connectivity index (χ0n) is 10.2. The highest BCUT2D eigenvalue weighted by atomic mass is 35.5. The number of nitrogens with zero attached hydrogens (tertiary/aromatic N) is 1. The third-order valence-corrected chi connectivity index (χ3v) is 3.58. The van der Waals surface area contributed by atoms with E-state index in [0.717, 1.165) is 36.6 Å². The van der Waals surface area contributed by atoms with Gasteiger partial charge in [-0.05, 0) is 31.0 Å². The molecule has 1 aliphatic rings. The van der Waals surface area contributed by atoms with Crippen LogP contribution in [0.2, 0.25) is 5.02 Å². The average molecular weight is 255 g/mol. The molecule has 2 rings (SSSR count). The van der Waals surface area contributed by atoms with Crippen LogP contribution in [0.15, 0.2) is 18.2 Å². The van der Waals surface area contributed by atoms with Gasteiger partial charge >= 0.3 is 0 Å². The number of hydrogen-bond acceptors (Lipinski definition) is 3. The molecular weight excluding hydrogens is 236 g/mol. The van der Waals surface area contributed by atoms with Crippen LogP contribution < -0.4 is 10.6 Å². The van der Waals surface area contributed by atoms with Gasteiger partial charge in [-0.3, -0.25) is 0 Å². The Kier molecular flexibility index (Phi) is 4.26. The Morgan fingerprint density at radius 2 is 2.35 bits per heavy atom. The smallest absolute Gasteiger partial charge is 0.0762 e. The molecule has 0 aliphatic carbocycles. The molecule has 2 N–H and O–H groups in total. The molecule has 17 heavy (non-hydrogen) atoms. The number of methoxy groups -OCH3 is 1. The molecular formula is C13H19ClN2O. The summed E-state index contributed by atoms with van der Waals surface area (Å²) < 4.78 is 5.39. The van der Waals surface area contributed by atoms with Crippen molar-refractivity contribution in [3.63, 3.8) is 0 Å². The molecule has 1 aromatic rings. The second-order valence-electron chi connectivity index (χ2n) is 4.38. The molecule has 1 aromatic carbocycles. The zero-order valence-corrected chi connectivity index (χ0v) is 10.9. The maximum atomic E-state index is 6.31. The van der Waals surface area contributed by atoms with Gasteiger partial charge in [-0.25, -0.2) is 0 Å². The Balaban J connectivity index is 2.24. The summed E-state index contributed by atoms with van der Waals surface area (Å²) in [5.41, 5.74) is 8.02. The lowest BCUT2D eigenvalue weighted by molar-refractivity contribution is 0.121. The van der Waals surface area contributed by atoms with Crippen LogP contribution in [0.5, 0.6) is 0 Å². The molecule has 0 saturated carbocycles. The number of hydrogen-bond donors (Lipinski definition) is 1. The Labute approximate surface area is 107 Å².